The van der Waals surface area contributed by atoms with Crippen LogP contribution in [0.1, 0.15) is 13.8 Å². The van der Waals surface area contributed by atoms with Crippen LogP contribution in [-0.2, 0) is 4.79 Å². The lowest BCUT2D eigenvalue weighted by atomic mass is 10.1. The lowest BCUT2D eigenvalue weighted by Gasteiger charge is -2.04. The first-order valence-corrected chi connectivity index (χ1v) is 2.42. The molecule has 0 aromatic rings. The fourth-order valence-corrected chi connectivity index (χ4v) is 0.196. The van der Waals surface area contributed by atoms with Crippen LogP contribution in [0, 0.1) is 5.92 Å². The molecular weight excluding hydrogens is 111 g/mol. The lowest BCUT2D eigenvalue weighted by Crippen LogP contribution is -2.18. The molecule has 48 valence electrons. The Kier molecular flexibility index (Phi) is 2.45. The van der Waals surface area contributed by atoms with Crippen molar-refractivity contribution in [1.29, 1.82) is 0 Å². The van der Waals surface area contributed by atoms with Gasteiger partial charge in [-0.15, -0.1) is 0 Å². The Labute approximate surface area is 47.3 Å². The first kappa shape index (κ1) is 7.40. The van der Waals surface area contributed by atoms with Crippen molar-refractivity contribution in [2.45, 2.75) is 20.0 Å². The van der Waals surface area contributed by atoms with E-state index < -0.39 is 18.1 Å². The van der Waals surface area contributed by atoms with Crippen LogP contribution in [0.5, 0.6) is 0 Å². The molecular formula is C5H9FO2. The average Bonchev–Trinajstić information content (AvgIpc) is 1.64. The first-order chi connectivity index (χ1) is 3.55. The number of rotatable bonds is 2. The summed E-state index contributed by atoms with van der Waals surface area (Å²) >= 11 is 0. The van der Waals surface area contributed by atoms with Gasteiger partial charge in [-0.2, -0.15) is 0 Å². The van der Waals surface area contributed by atoms with Crippen molar-refractivity contribution >= 4 is 5.97 Å². The highest BCUT2D eigenvalue weighted by Crippen LogP contribution is 2.04. The Morgan fingerprint density at radius 1 is 1.62 bits per heavy atom. The van der Waals surface area contributed by atoms with Gasteiger partial charge in [0.15, 0.2) is 0 Å². The van der Waals surface area contributed by atoms with Crippen molar-refractivity contribution in [3.05, 3.63) is 0 Å². The van der Waals surface area contributed by atoms with Crippen LogP contribution in [0.15, 0.2) is 0 Å². The van der Waals surface area contributed by atoms with Gasteiger partial charge >= 0.3 is 5.97 Å². The highest BCUT2D eigenvalue weighted by Gasteiger charge is 2.17. The quantitative estimate of drug-likeness (QED) is 0.591. The van der Waals surface area contributed by atoms with Crippen LogP contribution in [0.3, 0.4) is 0 Å². The van der Waals surface area contributed by atoms with Gasteiger partial charge in [0.1, 0.15) is 6.17 Å². The minimum atomic E-state index is -1.26. The van der Waals surface area contributed by atoms with E-state index in [1.165, 1.54) is 13.8 Å². The number of alkyl halides is 1. The van der Waals surface area contributed by atoms with E-state index in [9.17, 15) is 9.18 Å². The Bertz CT molecular complexity index is 90.4. The van der Waals surface area contributed by atoms with Crippen molar-refractivity contribution in [3.63, 3.8) is 0 Å². The summed E-state index contributed by atoms with van der Waals surface area (Å²) in [6.07, 6.45) is -1.26. The molecule has 0 heterocycles. The van der Waals surface area contributed by atoms with Crippen LogP contribution in [0.4, 0.5) is 4.39 Å². The highest BCUT2D eigenvalue weighted by atomic mass is 19.1. The van der Waals surface area contributed by atoms with E-state index in [0.717, 1.165) is 0 Å². The van der Waals surface area contributed by atoms with Gasteiger partial charge in [-0.05, 0) is 13.8 Å². The molecule has 1 N–H and O–H groups in total. The second-order valence-electron chi connectivity index (χ2n) is 1.80. The molecule has 0 aliphatic rings. The van der Waals surface area contributed by atoms with Crippen LogP contribution in [0.2, 0.25) is 0 Å². The third-order valence-electron chi connectivity index (χ3n) is 1.08. The molecule has 0 bridgehead atoms. The molecule has 2 unspecified atom stereocenters. The Hall–Kier alpha value is -0.600. The summed E-state index contributed by atoms with van der Waals surface area (Å²) < 4.78 is 12.0. The van der Waals surface area contributed by atoms with Gasteiger partial charge in [-0.25, -0.2) is 4.39 Å². The largest absolute Gasteiger partial charge is 0.481 e. The van der Waals surface area contributed by atoms with Gasteiger partial charge in [0.25, 0.3) is 0 Å². The van der Waals surface area contributed by atoms with E-state index in [-0.39, 0.29) is 0 Å². The van der Waals surface area contributed by atoms with Crippen LogP contribution in [-0.4, -0.2) is 17.2 Å². The zero-order valence-corrected chi connectivity index (χ0v) is 4.89. The molecule has 0 spiro atoms. The predicted molar refractivity (Wildman–Crippen MR) is 27.4 cm³/mol. The molecule has 0 rings (SSSR count). The van der Waals surface area contributed by atoms with E-state index in [4.69, 9.17) is 5.11 Å². The molecule has 2 nitrogen and oxygen atoms in total. The van der Waals surface area contributed by atoms with E-state index in [2.05, 4.69) is 0 Å². The lowest BCUT2D eigenvalue weighted by molar-refractivity contribution is -0.142. The number of carbonyl (C=O) groups is 1. The van der Waals surface area contributed by atoms with Gasteiger partial charge in [-0.1, -0.05) is 0 Å². The van der Waals surface area contributed by atoms with Gasteiger partial charge in [-0.3, -0.25) is 4.79 Å². The second-order valence-corrected chi connectivity index (χ2v) is 1.80. The average molecular weight is 120 g/mol. The minimum Gasteiger partial charge on any atom is -0.481 e. The zero-order valence-electron chi connectivity index (χ0n) is 4.89. The molecule has 0 saturated heterocycles. The van der Waals surface area contributed by atoms with Gasteiger partial charge < -0.3 is 5.11 Å². The molecule has 0 aromatic heterocycles. The number of halogens is 1. The van der Waals surface area contributed by atoms with Gasteiger partial charge in [0, 0.05) is 0 Å². The molecule has 0 radical (unpaired) electrons. The smallest absolute Gasteiger partial charge is 0.309 e. The molecule has 0 aliphatic carbocycles. The molecule has 0 aromatic carbocycles. The number of hydrogen-bond donors (Lipinski definition) is 1. The summed E-state index contributed by atoms with van der Waals surface area (Å²) in [5, 5.41) is 8.11. The fraction of sp³-hybridized carbons (Fsp3) is 0.800. The van der Waals surface area contributed by atoms with Crippen LogP contribution in [0.25, 0.3) is 0 Å². The fourth-order valence-electron chi connectivity index (χ4n) is 0.196. The maximum Gasteiger partial charge on any atom is 0.309 e. The minimum absolute atomic E-state index is 0.880. The third kappa shape index (κ3) is 1.91. The number of aliphatic carboxylic acids is 1. The van der Waals surface area contributed by atoms with E-state index >= 15 is 0 Å². The summed E-state index contributed by atoms with van der Waals surface area (Å²) in [7, 11) is 0. The number of hydrogen-bond acceptors (Lipinski definition) is 1. The third-order valence-corrected chi connectivity index (χ3v) is 1.08. The second kappa shape index (κ2) is 2.64. The Morgan fingerprint density at radius 3 is 2.00 bits per heavy atom. The summed E-state index contributed by atoms with van der Waals surface area (Å²) in [5.41, 5.74) is 0. The van der Waals surface area contributed by atoms with Gasteiger partial charge in [0.2, 0.25) is 0 Å². The monoisotopic (exact) mass is 120 g/mol. The Morgan fingerprint density at radius 2 is 2.00 bits per heavy atom. The molecule has 0 saturated carbocycles. The molecule has 2 atom stereocenters. The molecule has 0 amide bonds. The topological polar surface area (TPSA) is 37.3 Å². The first-order valence-electron chi connectivity index (χ1n) is 2.42. The highest BCUT2D eigenvalue weighted by molar-refractivity contribution is 5.70. The summed E-state index contributed by atoms with van der Waals surface area (Å²) in [6, 6.07) is 0. The van der Waals surface area contributed by atoms with Crippen molar-refractivity contribution in [2.24, 2.45) is 5.92 Å². The van der Waals surface area contributed by atoms with E-state index in [0.29, 0.717) is 0 Å². The van der Waals surface area contributed by atoms with Crippen molar-refractivity contribution in [2.75, 3.05) is 0 Å². The molecule has 3 heteroatoms. The van der Waals surface area contributed by atoms with Crippen LogP contribution >= 0.6 is 0 Å². The molecule has 0 aliphatic heterocycles. The standard InChI is InChI=1S/C5H9FO2/c1-3(4(2)6)5(7)8/h3-4H,1-2H3,(H,7,8). The SMILES string of the molecule is CC(F)C(C)C(=O)O. The number of carboxylic acids is 1. The summed E-state index contributed by atoms with van der Waals surface area (Å²) in [5.74, 6) is -1.96. The summed E-state index contributed by atoms with van der Waals surface area (Å²) in [6.45, 7) is 2.58. The maximum atomic E-state index is 12.0. The van der Waals surface area contributed by atoms with Crippen LogP contribution < -0.4 is 0 Å². The van der Waals surface area contributed by atoms with E-state index in [1.54, 1.807) is 0 Å². The molecule has 0 fully saturated rings. The maximum absolute atomic E-state index is 12.0. The predicted octanol–water partition coefficient (Wildman–Crippen LogP) is 1.07. The van der Waals surface area contributed by atoms with Gasteiger partial charge in [0.05, 0.1) is 5.92 Å². The Balaban J connectivity index is 3.64. The molecule has 8 heavy (non-hydrogen) atoms. The van der Waals surface area contributed by atoms with Crippen molar-refractivity contribution in [3.8, 4) is 0 Å². The summed E-state index contributed by atoms with van der Waals surface area (Å²) in [4.78, 5) is 9.90. The van der Waals surface area contributed by atoms with Crippen molar-refractivity contribution < 1.29 is 14.3 Å². The van der Waals surface area contributed by atoms with E-state index in [1.807, 2.05) is 0 Å². The number of carboxylic acid groups (broad SMARTS) is 1. The normalized spacial score (nSPS) is 17.4. The van der Waals surface area contributed by atoms with Crippen molar-refractivity contribution in [1.82, 2.24) is 0 Å². The zero-order chi connectivity index (χ0) is 6.73.